The summed E-state index contributed by atoms with van der Waals surface area (Å²) < 4.78 is 27.9. The lowest BCUT2D eigenvalue weighted by molar-refractivity contribution is 0.475. The van der Waals surface area contributed by atoms with Crippen LogP contribution in [0.1, 0.15) is 39.0 Å². The van der Waals surface area contributed by atoms with Gasteiger partial charge < -0.3 is 10.1 Å². The van der Waals surface area contributed by atoms with Gasteiger partial charge >= 0.3 is 0 Å². The zero-order valence-electron chi connectivity index (χ0n) is 17.0. The lowest BCUT2D eigenvalue weighted by atomic mass is 9.90. The smallest absolute Gasteiger partial charge is 0.239 e. The van der Waals surface area contributed by atoms with Crippen molar-refractivity contribution in [3.63, 3.8) is 0 Å². The summed E-state index contributed by atoms with van der Waals surface area (Å²) in [6.07, 6.45) is 0. The minimum absolute atomic E-state index is 0.0228. The molecule has 0 atom stereocenters. The number of phenols is 1. The van der Waals surface area contributed by atoms with Crippen molar-refractivity contribution in [2.45, 2.75) is 40.0 Å². The molecular formula is C21H24Cl2N2O3S. The number of hydrogen-bond acceptors (Lipinski definition) is 3. The summed E-state index contributed by atoms with van der Waals surface area (Å²) in [5, 5.41) is 10.8. The van der Waals surface area contributed by atoms with E-state index in [-0.39, 0.29) is 32.7 Å². The van der Waals surface area contributed by atoms with E-state index in [0.29, 0.717) is 5.69 Å². The van der Waals surface area contributed by atoms with E-state index in [9.17, 15) is 13.5 Å². The van der Waals surface area contributed by atoms with Crippen LogP contribution in [-0.2, 0) is 15.4 Å². The van der Waals surface area contributed by atoms with Gasteiger partial charge in [-0.05, 0) is 31.5 Å². The molecule has 0 fully saturated rings. The molecule has 8 heteroatoms. The third-order valence-corrected chi connectivity index (χ3v) is 7.11. The molecule has 0 saturated carbocycles. The third kappa shape index (κ3) is 3.81. The largest absolute Gasteiger partial charge is 0.506 e. The second-order valence-corrected chi connectivity index (χ2v) is 10.9. The molecule has 0 amide bonds. The number of aromatic hydroxyl groups is 1. The molecule has 1 heterocycles. The van der Waals surface area contributed by atoms with Crippen LogP contribution < -0.4 is 4.31 Å². The van der Waals surface area contributed by atoms with E-state index < -0.39 is 10.0 Å². The number of anilines is 2. The average molecular weight is 455 g/mol. The van der Waals surface area contributed by atoms with E-state index in [2.05, 4.69) is 4.98 Å². The molecule has 156 valence electrons. The highest BCUT2D eigenvalue weighted by molar-refractivity contribution is 7.93. The molecule has 0 radical (unpaired) electrons. The molecule has 3 aromatic rings. The van der Waals surface area contributed by atoms with Gasteiger partial charge in [0.2, 0.25) is 10.0 Å². The number of nitrogens with zero attached hydrogens (tertiary/aromatic N) is 1. The molecule has 29 heavy (non-hydrogen) atoms. The monoisotopic (exact) mass is 454 g/mol. The number of aromatic amines is 1. The zero-order valence-corrected chi connectivity index (χ0v) is 19.3. The number of aromatic nitrogens is 1. The second-order valence-electron chi connectivity index (χ2n) is 8.02. The van der Waals surface area contributed by atoms with Gasteiger partial charge in [0.25, 0.3) is 0 Å². The summed E-state index contributed by atoms with van der Waals surface area (Å²) >= 11 is 12.5. The summed E-state index contributed by atoms with van der Waals surface area (Å²) in [6, 6.07) is 8.43. The fourth-order valence-electron chi connectivity index (χ4n) is 3.37. The Labute approximate surface area is 181 Å². The van der Waals surface area contributed by atoms with Crippen molar-refractivity contribution in [3.05, 3.63) is 51.6 Å². The number of benzene rings is 2. The number of aryl methyl sites for hydroxylation is 1. The highest BCUT2D eigenvalue weighted by atomic mass is 35.5. The Kier molecular flexibility index (Phi) is 5.58. The first-order valence-electron chi connectivity index (χ1n) is 9.21. The molecule has 2 aromatic carbocycles. The quantitative estimate of drug-likeness (QED) is 0.487. The molecule has 0 bridgehead atoms. The molecule has 3 rings (SSSR count). The minimum atomic E-state index is -3.79. The number of phenolic OH excluding ortho intramolecular Hbond substituents is 1. The first-order chi connectivity index (χ1) is 13.4. The Morgan fingerprint density at radius 1 is 1.14 bits per heavy atom. The second kappa shape index (κ2) is 7.42. The fourth-order valence-corrected chi connectivity index (χ4v) is 4.99. The van der Waals surface area contributed by atoms with Crippen molar-refractivity contribution in [1.82, 2.24) is 4.98 Å². The Bertz CT molecular complexity index is 1190. The van der Waals surface area contributed by atoms with Crippen LogP contribution in [0.4, 0.5) is 11.4 Å². The maximum atomic E-state index is 13.3. The summed E-state index contributed by atoms with van der Waals surface area (Å²) in [5.74, 6) is -0.343. The number of nitrogens with one attached hydrogen (secondary N) is 1. The Balaban J connectivity index is 2.52. The molecule has 0 aliphatic heterocycles. The number of sulfonamides is 1. The molecule has 0 unspecified atom stereocenters. The Hall–Kier alpha value is -1.89. The third-order valence-electron chi connectivity index (χ3n) is 4.84. The molecule has 5 nitrogen and oxygen atoms in total. The van der Waals surface area contributed by atoms with Gasteiger partial charge in [0.05, 0.1) is 27.2 Å². The summed E-state index contributed by atoms with van der Waals surface area (Å²) in [5.41, 5.74) is 2.88. The van der Waals surface area contributed by atoms with Crippen LogP contribution in [0.2, 0.25) is 10.0 Å². The van der Waals surface area contributed by atoms with Crippen molar-refractivity contribution in [3.8, 4) is 5.75 Å². The van der Waals surface area contributed by atoms with Gasteiger partial charge in [-0.3, -0.25) is 0 Å². The van der Waals surface area contributed by atoms with Crippen molar-refractivity contribution in [1.29, 1.82) is 0 Å². The van der Waals surface area contributed by atoms with Gasteiger partial charge in [0, 0.05) is 28.1 Å². The van der Waals surface area contributed by atoms with Gasteiger partial charge in [-0.1, -0.05) is 56.1 Å². The zero-order chi connectivity index (χ0) is 21.7. The van der Waals surface area contributed by atoms with E-state index in [1.165, 1.54) is 16.4 Å². The van der Waals surface area contributed by atoms with E-state index in [0.717, 1.165) is 22.2 Å². The van der Waals surface area contributed by atoms with Crippen LogP contribution in [0.3, 0.4) is 0 Å². The number of halogens is 2. The molecule has 0 spiro atoms. The number of rotatable bonds is 4. The van der Waals surface area contributed by atoms with Crippen LogP contribution in [0, 0.1) is 6.92 Å². The van der Waals surface area contributed by atoms with Gasteiger partial charge in [-0.15, -0.1) is 0 Å². The van der Waals surface area contributed by atoms with Crippen molar-refractivity contribution >= 4 is 55.5 Å². The first kappa shape index (κ1) is 21.8. The van der Waals surface area contributed by atoms with Crippen LogP contribution in [-0.4, -0.2) is 24.3 Å². The fraction of sp³-hybridized carbons (Fsp3) is 0.333. The predicted molar refractivity (Wildman–Crippen MR) is 121 cm³/mol. The van der Waals surface area contributed by atoms with Gasteiger partial charge in [0.1, 0.15) is 5.75 Å². The van der Waals surface area contributed by atoms with Crippen LogP contribution in [0.15, 0.2) is 30.3 Å². The molecule has 0 aliphatic carbocycles. The molecule has 1 aromatic heterocycles. The highest BCUT2D eigenvalue weighted by Gasteiger charge is 2.34. The van der Waals surface area contributed by atoms with Crippen LogP contribution >= 0.6 is 23.2 Å². The highest BCUT2D eigenvalue weighted by Crippen LogP contribution is 2.47. The number of H-pyrrole nitrogens is 1. The summed E-state index contributed by atoms with van der Waals surface area (Å²) in [6.45, 7) is 9.56. The van der Waals surface area contributed by atoms with Crippen molar-refractivity contribution in [2.24, 2.45) is 0 Å². The number of hydrogen-bond donors (Lipinski definition) is 2. The first-order valence-corrected chi connectivity index (χ1v) is 11.6. The van der Waals surface area contributed by atoms with Gasteiger partial charge in [0.15, 0.2) is 0 Å². The predicted octanol–water partition coefficient (Wildman–Crippen LogP) is 6.27. The van der Waals surface area contributed by atoms with E-state index in [4.69, 9.17) is 23.2 Å². The van der Waals surface area contributed by atoms with Gasteiger partial charge in [-0.2, -0.15) is 0 Å². The SMILES string of the molecule is CCS(=O)(=O)N(c1cc(Cl)c(O)cc1Cl)c1c(C(C)(C)C)[nH]c2cccc(C)c12. The molecule has 0 saturated heterocycles. The van der Waals surface area contributed by atoms with Crippen molar-refractivity contribution in [2.75, 3.05) is 10.1 Å². The molecular weight excluding hydrogens is 431 g/mol. The molecule has 0 aliphatic rings. The van der Waals surface area contributed by atoms with E-state index in [1.807, 2.05) is 45.9 Å². The van der Waals surface area contributed by atoms with E-state index in [1.54, 1.807) is 6.92 Å². The maximum absolute atomic E-state index is 13.3. The molecule has 2 N–H and O–H groups in total. The lowest BCUT2D eigenvalue weighted by Gasteiger charge is -2.29. The summed E-state index contributed by atoms with van der Waals surface area (Å²) in [7, 11) is -3.79. The van der Waals surface area contributed by atoms with Crippen LogP contribution in [0.5, 0.6) is 5.75 Å². The lowest BCUT2D eigenvalue weighted by Crippen LogP contribution is -2.30. The average Bonchev–Trinajstić information content (AvgIpc) is 3.00. The standard InChI is InChI=1S/C21H24Cl2N2O3S/c1-6-29(27,28)25(16-10-14(23)17(26)11-13(16)22)19-18-12(2)8-7-9-15(18)24-20(19)21(3,4)5/h7-11,24,26H,6H2,1-5H3. The van der Waals surface area contributed by atoms with E-state index >= 15 is 0 Å². The Morgan fingerprint density at radius 2 is 1.79 bits per heavy atom. The number of fused-ring (bicyclic) bond motifs is 1. The minimum Gasteiger partial charge on any atom is -0.506 e. The maximum Gasteiger partial charge on any atom is 0.239 e. The van der Waals surface area contributed by atoms with Gasteiger partial charge in [-0.25, -0.2) is 12.7 Å². The topological polar surface area (TPSA) is 73.4 Å². The Morgan fingerprint density at radius 3 is 2.38 bits per heavy atom. The van der Waals surface area contributed by atoms with Crippen LogP contribution in [0.25, 0.3) is 10.9 Å². The summed E-state index contributed by atoms with van der Waals surface area (Å²) in [4.78, 5) is 3.41. The normalized spacial score (nSPS) is 12.5. The van der Waals surface area contributed by atoms with Crippen molar-refractivity contribution < 1.29 is 13.5 Å².